The van der Waals surface area contributed by atoms with E-state index in [0.29, 0.717) is 36.1 Å². The van der Waals surface area contributed by atoms with Crippen LogP contribution < -0.4 is 10.6 Å². The van der Waals surface area contributed by atoms with Gasteiger partial charge in [-0.3, -0.25) is 14.9 Å². The van der Waals surface area contributed by atoms with Gasteiger partial charge in [-0.15, -0.1) is 0 Å². The van der Waals surface area contributed by atoms with E-state index >= 15 is 0 Å². The minimum absolute atomic E-state index is 0.0139. The molecular weight excluding hydrogens is 520 g/mol. The standard InChI is InChI=1S/C33H39ClN4O2/c1-2-24(25-9-5-3-6-10-25)22-38-18-15-30(36-31(33(38)40)23-37-16-7-4-8-17-37)21-35-32(39)28-12-11-27-20-29(34)14-13-26(27)19-28/h3,5-6,9-14,19-20,23-24,30-31,36H,2,4,7-8,15-18,21-22H2,1H3/p+1. The van der Waals surface area contributed by atoms with Crippen LogP contribution in [0.15, 0.2) is 66.7 Å². The lowest BCUT2D eigenvalue weighted by atomic mass is 9.95. The van der Waals surface area contributed by atoms with E-state index in [1.54, 1.807) is 0 Å². The summed E-state index contributed by atoms with van der Waals surface area (Å²) >= 11 is 6.11. The van der Waals surface area contributed by atoms with Gasteiger partial charge in [-0.25, -0.2) is 4.58 Å². The molecule has 2 saturated heterocycles. The molecule has 40 heavy (non-hydrogen) atoms. The fourth-order valence-electron chi connectivity index (χ4n) is 5.89. The Bertz CT molecular complexity index is 1350. The van der Waals surface area contributed by atoms with Crippen LogP contribution in [0.2, 0.25) is 5.02 Å². The van der Waals surface area contributed by atoms with Crippen molar-refractivity contribution >= 4 is 40.4 Å². The number of nitrogens with zero attached hydrogens (tertiary/aromatic N) is 2. The van der Waals surface area contributed by atoms with E-state index in [1.165, 1.54) is 12.0 Å². The molecule has 6 nitrogen and oxygen atoms in total. The average Bonchev–Trinajstić information content (AvgIpc) is 3.13. The predicted octanol–water partition coefficient (Wildman–Crippen LogP) is 5.24. The molecule has 2 heterocycles. The van der Waals surface area contributed by atoms with Crippen molar-refractivity contribution in [2.75, 3.05) is 32.7 Å². The molecule has 3 aromatic rings. The van der Waals surface area contributed by atoms with E-state index in [-0.39, 0.29) is 17.9 Å². The number of halogens is 1. The highest BCUT2D eigenvalue weighted by molar-refractivity contribution is 6.31. The summed E-state index contributed by atoms with van der Waals surface area (Å²) in [7, 11) is 0. The second-order valence-corrected chi connectivity index (χ2v) is 11.5. The monoisotopic (exact) mass is 559 g/mol. The van der Waals surface area contributed by atoms with Crippen LogP contribution in [-0.4, -0.2) is 72.3 Å². The number of fused-ring (bicyclic) bond motifs is 1. The van der Waals surface area contributed by atoms with Gasteiger partial charge in [-0.2, -0.15) is 0 Å². The minimum Gasteiger partial charge on any atom is -0.350 e. The first-order chi connectivity index (χ1) is 19.5. The molecule has 0 saturated carbocycles. The van der Waals surface area contributed by atoms with Gasteiger partial charge in [0.15, 0.2) is 12.3 Å². The number of amides is 2. The number of nitrogens with one attached hydrogen (secondary N) is 2. The molecule has 3 atom stereocenters. The van der Waals surface area contributed by atoms with Crippen molar-refractivity contribution in [2.45, 2.75) is 57.0 Å². The molecule has 0 spiro atoms. The highest BCUT2D eigenvalue weighted by atomic mass is 35.5. The minimum atomic E-state index is -0.402. The van der Waals surface area contributed by atoms with Crippen molar-refractivity contribution in [3.05, 3.63) is 82.9 Å². The molecule has 2 fully saturated rings. The van der Waals surface area contributed by atoms with Gasteiger partial charge in [0.05, 0.1) is 0 Å². The topological polar surface area (TPSA) is 64.5 Å². The normalized spacial score (nSPS) is 20.7. The summed E-state index contributed by atoms with van der Waals surface area (Å²) < 4.78 is 2.30. The van der Waals surface area contributed by atoms with Crippen LogP contribution >= 0.6 is 11.6 Å². The second-order valence-electron chi connectivity index (χ2n) is 11.1. The number of carbonyl (C=O) groups is 2. The molecule has 210 valence electrons. The Morgan fingerprint density at radius 3 is 2.60 bits per heavy atom. The van der Waals surface area contributed by atoms with E-state index in [9.17, 15) is 9.59 Å². The van der Waals surface area contributed by atoms with E-state index in [1.807, 2.05) is 47.4 Å². The predicted molar refractivity (Wildman–Crippen MR) is 163 cm³/mol. The van der Waals surface area contributed by atoms with Gasteiger partial charge in [-0.1, -0.05) is 61.0 Å². The molecular formula is C33H40ClN4O2+. The SMILES string of the molecule is CCC(CN1CCC(CNC(=O)c2ccc3cc(Cl)ccc3c2)NC(C=[N+]2CCCCC2)C1=O)c1ccccc1. The molecule has 0 radical (unpaired) electrons. The smallest absolute Gasteiger partial charge is 0.251 e. The largest absolute Gasteiger partial charge is 0.350 e. The van der Waals surface area contributed by atoms with E-state index in [2.05, 4.69) is 52.6 Å². The molecule has 0 aliphatic carbocycles. The third-order valence-corrected chi connectivity index (χ3v) is 8.50. The second kappa shape index (κ2) is 13.4. The summed E-state index contributed by atoms with van der Waals surface area (Å²) in [6.45, 7) is 5.99. The fourth-order valence-corrected chi connectivity index (χ4v) is 6.07. The van der Waals surface area contributed by atoms with Gasteiger partial charge in [0.1, 0.15) is 13.1 Å². The van der Waals surface area contributed by atoms with Crippen molar-refractivity contribution in [3.63, 3.8) is 0 Å². The lowest BCUT2D eigenvalue weighted by Gasteiger charge is -2.27. The number of carbonyl (C=O) groups excluding carboxylic acids is 2. The fraction of sp³-hybridized carbons (Fsp3) is 0.424. The molecule has 0 bridgehead atoms. The van der Waals surface area contributed by atoms with E-state index < -0.39 is 6.04 Å². The summed E-state index contributed by atoms with van der Waals surface area (Å²) in [5.41, 5.74) is 1.89. The van der Waals surface area contributed by atoms with Gasteiger partial charge in [-0.05, 0) is 59.9 Å². The molecule has 2 amide bonds. The van der Waals surface area contributed by atoms with Crippen LogP contribution in [0, 0.1) is 0 Å². The van der Waals surface area contributed by atoms with Crippen molar-refractivity contribution in [1.82, 2.24) is 15.5 Å². The Labute approximate surface area is 242 Å². The Balaban J connectivity index is 1.29. The molecule has 3 unspecified atom stereocenters. The molecule has 5 rings (SSSR count). The molecule has 7 heteroatoms. The number of hydrogen-bond donors (Lipinski definition) is 2. The number of piperidine rings is 1. The number of hydrogen-bond acceptors (Lipinski definition) is 3. The zero-order valence-corrected chi connectivity index (χ0v) is 24.1. The molecule has 2 aliphatic heterocycles. The first kappa shape index (κ1) is 28.3. The van der Waals surface area contributed by atoms with Crippen LogP contribution in [0.5, 0.6) is 0 Å². The van der Waals surface area contributed by atoms with Crippen molar-refractivity contribution in [2.24, 2.45) is 0 Å². The quantitative estimate of drug-likeness (QED) is 0.371. The van der Waals surface area contributed by atoms with Crippen molar-refractivity contribution < 1.29 is 14.2 Å². The highest BCUT2D eigenvalue weighted by Crippen LogP contribution is 2.23. The van der Waals surface area contributed by atoms with Crippen LogP contribution in [0.4, 0.5) is 0 Å². The maximum atomic E-state index is 13.9. The summed E-state index contributed by atoms with van der Waals surface area (Å²) in [5.74, 6) is 0.305. The molecule has 2 aliphatic rings. The Morgan fingerprint density at radius 1 is 1.07 bits per heavy atom. The summed E-state index contributed by atoms with van der Waals surface area (Å²) in [6.07, 6.45) is 7.41. The van der Waals surface area contributed by atoms with E-state index in [0.717, 1.165) is 49.5 Å². The van der Waals surface area contributed by atoms with Gasteiger partial charge in [0, 0.05) is 55.0 Å². The van der Waals surface area contributed by atoms with Gasteiger partial charge in [0.2, 0.25) is 5.91 Å². The van der Waals surface area contributed by atoms with Crippen LogP contribution in [0.3, 0.4) is 0 Å². The maximum absolute atomic E-state index is 13.9. The van der Waals surface area contributed by atoms with Crippen LogP contribution in [0.1, 0.15) is 60.9 Å². The van der Waals surface area contributed by atoms with Gasteiger partial charge < -0.3 is 10.2 Å². The van der Waals surface area contributed by atoms with Crippen molar-refractivity contribution in [1.29, 1.82) is 0 Å². The number of benzene rings is 3. The molecule has 3 aromatic carbocycles. The van der Waals surface area contributed by atoms with E-state index in [4.69, 9.17) is 11.6 Å². The van der Waals surface area contributed by atoms with Crippen molar-refractivity contribution in [3.8, 4) is 0 Å². The summed E-state index contributed by atoms with van der Waals surface area (Å²) in [6, 6.07) is 21.4. The maximum Gasteiger partial charge on any atom is 0.251 e. The first-order valence-electron chi connectivity index (χ1n) is 14.7. The zero-order valence-electron chi connectivity index (χ0n) is 23.3. The van der Waals surface area contributed by atoms with Crippen LogP contribution in [0.25, 0.3) is 10.8 Å². The lowest BCUT2D eigenvalue weighted by Crippen LogP contribution is -2.51. The van der Waals surface area contributed by atoms with Crippen LogP contribution in [-0.2, 0) is 4.79 Å². The third kappa shape index (κ3) is 7.10. The zero-order chi connectivity index (χ0) is 27.9. The summed E-state index contributed by atoms with van der Waals surface area (Å²) in [5, 5.41) is 9.38. The lowest BCUT2D eigenvalue weighted by molar-refractivity contribution is -0.534. The molecule has 0 aromatic heterocycles. The molecule has 2 N–H and O–H groups in total. The highest BCUT2D eigenvalue weighted by Gasteiger charge is 2.34. The number of rotatable bonds is 8. The van der Waals surface area contributed by atoms with Gasteiger partial charge in [0.25, 0.3) is 5.91 Å². The summed E-state index contributed by atoms with van der Waals surface area (Å²) in [4.78, 5) is 29.0. The van der Waals surface area contributed by atoms with Gasteiger partial charge >= 0.3 is 0 Å². The Kier molecular flexibility index (Phi) is 9.50. The Morgan fingerprint density at radius 2 is 1.82 bits per heavy atom. The third-order valence-electron chi connectivity index (χ3n) is 8.27. The Hall–Kier alpha value is -3.22. The first-order valence-corrected chi connectivity index (χ1v) is 15.0. The average molecular weight is 560 g/mol.